The number of rotatable bonds is 52. The van der Waals surface area contributed by atoms with E-state index in [1.165, 1.54) is 29.2 Å². The number of aryl methyl sites for hydroxylation is 4. The molecule has 0 aliphatic carbocycles. The number of benzene rings is 6. The molecular formula is C89H123BrN4O22P2S4. The number of ketones is 2. The number of amides is 2. The van der Waals surface area contributed by atoms with Gasteiger partial charge in [-0.25, -0.2) is 4.79 Å². The smallest absolute Gasteiger partial charge is 0.333 e. The topological polar surface area (TPSA) is 333 Å². The van der Waals surface area contributed by atoms with Crippen LogP contribution in [0.5, 0.6) is 0 Å². The highest BCUT2D eigenvalue weighted by atomic mass is 79.9. The monoisotopic (exact) mass is 1870 g/mol. The maximum Gasteiger partial charge on any atom is 0.333 e. The number of ether oxygens (including phenoxy) is 6. The van der Waals surface area contributed by atoms with E-state index >= 15 is 0 Å². The number of nitrogens with one attached hydrogen (secondary N) is 2. The second-order valence-electron chi connectivity index (χ2n) is 32.5. The van der Waals surface area contributed by atoms with Crippen molar-refractivity contribution in [2.45, 2.75) is 106 Å². The number of hydrogen-bond acceptors (Lipinski definition) is 26. The molecule has 0 heterocycles. The summed E-state index contributed by atoms with van der Waals surface area (Å²) in [5.74, 6) is -0.424. The number of alkyl halides is 1. The Kier molecular flexibility index (Phi) is 47.2. The number of nitrogens with zero attached hydrogens (tertiary/aromatic N) is 2. The number of quaternary nitrogens is 2. The standard InChI is InChI=1S/C45H63N2O11PS2.C33H38BrNO5S2.C11H22NO6P/c1-33-10-18-38(19-11-33)60-30-37(31-61-39-20-12-34(2)13-21-39)40(48)35-14-16-36(17-15-35)41(49)46-22-24-54-26-27-55-42(50)44(3,4)32-45(5,6)43(51)56-28-29-58-59(52,53)57-25-23-47(7,8)9;1-23-5-13-28(14-6-23)41-21-27(22-42-29-15-7-24(2)8-16-29)30(36)25-9-11-26(12-10-25)31(37)35-17-18-39-19-20-40-32(38)33(3,4)34;1-10(2)11(13)16-8-9-18-19(14,15)17-7-6-12(3,4)5/h10-21,37H,22-32H2,1-9H3,(H-,46,49,52,53);5-16,27H,17-22H2,1-4H3,(H,35,37);1,6-9H2,2-5H3. The quantitative estimate of drug-likeness (QED) is 0.00412. The number of phosphoric ester groups is 2. The van der Waals surface area contributed by atoms with Crippen LogP contribution in [0.4, 0.5) is 0 Å². The van der Waals surface area contributed by atoms with E-state index < -0.39 is 55.3 Å². The maximum absolute atomic E-state index is 13.8. The number of phosphoric acid groups is 2. The summed E-state index contributed by atoms with van der Waals surface area (Å²) < 4.78 is 73.9. The number of halogens is 1. The van der Waals surface area contributed by atoms with Gasteiger partial charge in [0.2, 0.25) is 0 Å². The number of carbonyl (C=O) groups is 8. The van der Waals surface area contributed by atoms with E-state index in [4.69, 9.17) is 32.7 Å². The fourth-order valence-corrected chi connectivity index (χ4v) is 16.2. The Morgan fingerprint density at radius 1 is 0.402 bits per heavy atom. The average molecular weight is 1870 g/mol. The minimum Gasteiger partial charge on any atom is -0.756 e. The Hall–Kier alpha value is -6.84. The van der Waals surface area contributed by atoms with Gasteiger partial charge in [-0.05, 0) is 155 Å². The molecule has 0 aliphatic heterocycles. The molecule has 2 N–H and O–H groups in total. The molecule has 26 nitrogen and oxygen atoms in total. The van der Waals surface area contributed by atoms with Gasteiger partial charge in [-0.15, -0.1) is 47.0 Å². The molecule has 2 atom stereocenters. The van der Waals surface area contributed by atoms with E-state index in [-0.39, 0.29) is 132 Å². The van der Waals surface area contributed by atoms with Gasteiger partial charge < -0.3 is 75.9 Å². The molecule has 0 radical (unpaired) electrons. The Morgan fingerprint density at radius 2 is 0.672 bits per heavy atom. The predicted octanol–water partition coefficient (Wildman–Crippen LogP) is 14.6. The van der Waals surface area contributed by atoms with Crippen molar-refractivity contribution in [3.8, 4) is 0 Å². The first-order chi connectivity index (χ1) is 57.1. The van der Waals surface area contributed by atoms with Gasteiger partial charge in [0.15, 0.2) is 11.6 Å². The fourth-order valence-electron chi connectivity index (χ4n) is 10.5. The Bertz CT molecular complexity index is 4270. The summed E-state index contributed by atoms with van der Waals surface area (Å²) in [7, 11) is 2.55. The molecule has 2 unspecified atom stereocenters. The summed E-state index contributed by atoms with van der Waals surface area (Å²) in [5.41, 5.74) is 4.89. The van der Waals surface area contributed by atoms with E-state index in [0.717, 1.165) is 19.6 Å². The van der Waals surface area contributed by atoms with Crippen molar-refractivity contribution in [3.63, 3.8) is 0 Å². The minimum absolute atomic E-state index is 0.0289. The second kappa shape index (κ2) is 53.6. The molecule has 6 aromatic rings. The lowest BCUT2D eigenvalue weighted by atomic mass is 9.75. The van der Waals surface area contributed by atoms with Gasteiger partial charge in [0, 0.05) is 95.3 Å². The maximum atomic E-state index is 13.8. The lowest BCUT2D eigenvalue weighted by Gasteiger charge is -2.31. The van der Waals surface area contributed by atoms with Gasteiger partial charge in [-0.1, -0.05) is 118 Å². The Morgan fingerprint density at radius 3 is 0.959 bits per heavy atom. The third kappa shape index (κ3) is 45.4. The highest BCUT2D eigenvalue weighted by Crippen LogP contribution is 2.40. The van der Waals surface area contributed by atoms with Crippen LogP contribution in [-0.2, 0) is 74.8 Å². The summed E-state index contributed by atoms with van der Waals surface area (Å²) in [6.07, 6.45) is 0.0928. The van der Waals surface area contributed by atoms with Crippen LogP contribution in [0.15, 0.2) is 177 Å². The average Bonchev–Trinajstić information content (AvgIpc) is 0.866. The van der Waals surface area contributed by atoms with Gasteiger partial charge in [-0.3, -0.25) is 42.7 Å². The molecule has 0 saturated heterocycles. The molecule has 122 heavy (non-hydrogen) atoms. The number of Topliss-reactive ketones (excluding diaryl/α,β-unsaturated/α-hetero) is 2. The van der Waals surface area contributed by atoms with Crippen LogP contribution in [0.2, 0.25) is 0 Å². The summed E-state index contributed by atoms with van der Waals surface area (Å²) in [4.78, 5) is 129. The van der Waals surface area contributed by atoms with Gasteiger partial charge in [0.1, 0.15) is 57.1 Å². The van der Waals surface area contributed by atoms with Crippen LogP contribution in [0, 0.1) is 50.4 Å². The first-order valence-corrected chi connectivity index (χ1v) is 47.4. The normalized spacial score (nSPS) is 12.8. The summed E-state index contributed by atoms with van der Waals surface area (Å²) in [5, 5.41) is 5.61. The van der Waals surface area contributed by atoms with Crippen LogP contribution in [-0.4, -0.2) is 231 Å². The molecule has 2 amide bonds. The summed E-state index contributed by atoms with van der Waals surface area (Å²) >= 11 is 9.95. The van der Waals surface area contributed by atoms with Crippen LogP contribution in [0.1, 0.15) is 119 Å². The zero-order valence-corrected chi connectivity index (χ0v) is 80.0. The van der Waals surface area contributed by atoms with Crippen molar-refractivity contribution in [3.05, 3.63) is 202 Å². The number of likely N-dealkylation sites (N-methyl/N-ethyl adjacent to an activating group) is 2. The summed E-state index contributed by atoms with van der Waals surface area (Å²) in [6, 6.07) is 46.8. The van der Waals surface area contributed by atoms with Gasteiger partial charge in [-0.2, -0.15) is 0 Å². The van der Waals surface area contributed by atoms with Crippen molar-refractivity contribution >= 4 is 126 Å². The number of thioether (sulfide) groups is 4. The molecule has 0 bridgehead atoms. The van der Waals surface area contributed by atoms with E-state index in [1.54, 1.807) is 137 Å². The van der Waals surface area contributed by atoms with Crippen molar-refractivity contribution in [2.75, 3.05) is 171 Å². The van der Waals surface area contributed by atoms with Gasteiger partial charge >= 0.3 is 23.9 Å². The highest BCUT2D eigenvalue weighted by Gasteiger charge is 2.41. The minimum atomic E-state index is -4.54. The van der Waals surface area contributed by atoms with Crippen LogP contribution in [0.25, 0.3) is 0 Å². The van der Waals surface area contributed by atoms with Gasteiger partial charge in [0.25, 0.3) is 27.5 Å². The first-order valence-electron chi connectivity index (χ1n) is 39.8. The third-order valence-corrected chi connectivity index (χ3v) is 24.5. The van der Waals surface area contributed by atoms with E-state index in [9.17, 15) is 57.3 Å². The molecule has 0 saturated carbocycles. The Balaban J connectivity index is 0.000000439. The number of esters is 4. The van der Waals surface area contributed by atoms with Crippen LogP contribution < -0.4 is 20.4 Å². The van der Waals surface area contributed by atoms with Crippen molar-refractivity contribution in [2.24, 2.45) is 22.7 Å². The largest absolute Gasteiger partial charge is 0.756 e. The highest BCUT2D eigenvalue weighted by molar-refractivity contribution is 9.10. The molecule has 33 heteroatoms. The third-order valence-electron chi connectivity index (χ3n) is 17.5. The lowest BCUT2D eigenvalue weighted by molar-refractivity contribution is -0.870. The number of hydrogen-bond donors (Lipinski definition) is 2. The Labute approximate surface area is 746 Å². The van der Waals surface area contributed by atoms with Crippen molar-refractivity contribution in [1.82, 2.24) is 10.6 Å². The SMILES string of the molecule is C=C(C)C(=O)OCCOP(=O)([O-])OCC[N+](C)(C)C.Cc1ccc(SCC(CSc2ccc(C)cc2)C(=O)c2ccc(C(=O)NCCOCCOC(=O)C(C)(C)Br)cc2)cc1.Cc1ccc(SCC(CSc2ccc(C)cc2)C(=O)c2ccc(C(=O)NCCOCCOC(=O)C(C)(C)CC(C)(C)C(=O)OCCOP(=O)([O-])OCC[N+](C)(C)C)cc2)cc1. The zero-order valence-electron chi connectivity index (χ0n) is 73.3. The van der Waals surface area contributed by atoms with Crippen LogP contribution in [0.3, 0.4) is 0 Å². The summed E-state index contributed by atoms with van der Waals surface area (Å²) in [6.45, 7) is 24.3. The lowest BCUT2D eigenvalue weighted by Crippen LogP contribution is -2.38. The van der Waals surface area contributed by atoms with Gasteiger partial charge in [0.05, 0.1) is 92.8 Å². The van der Waals surface area contributed by atoms with Crippen molar-refractivity contribution in [1.29, 1.82) is 0 Å². The first kappa shape index (κ1) is 107. The molecule has 0 spiro atoms. The molecule has 0 fully saturated rings. The number of carbonyl (C=O) groups excluding carboxylic acids is 8. The predicted molar refractivity (Wildman–Crippen MR) is 481 cm³/mol. The molecule has 6 rings (SSSR count). The molecule has 0 aromatic heterocycles. The van der Waals surface area contributed by atoms with Crippen molar-refractivity contribution < 1.29 is 113 Å². The van der Waals surface area contributed by atoms with E-state index in [0.29, 0.717) is 73.9 Å². The van der Waals surface area contributed by atoms with E-state index in [2.05, 4.69) is 158 Å². The molecular weight excluding hydrogens is 1750 g/mol. The fraction of sp³-hybridized carbons (Fsp3) is 0.483. The van der Waals surface area contributed by atoms with Crippen LogP contribution >= 0.6 is 78.6 Å². The van der Waals surface area contributed by atoms with E-state index in [1.807, 2.05) is 56.1 Å². The molecule has 0 aliphatic rings. The molecule has 6 aromatic carbocycles. The second-order valence-corrected chi connectivity index (χ2v) is 41.7. The molecule has 672 valence electrons. The zero-order chi connectivity index (χ0) is 90.9.